The van der Waals surface area contributed by atoms with Gasteiger partial charge in [0.25, 0.3) is 5.91 Å². The number of hydrogen-bond acceptors (Lipinski definition) is 4. The molecule has 2 fully saturated rings. The first-order chi connectivity index (χ1) is 11.5. The Hall–Kier alpha value is -1.79. The Kier molecular flexibility index (Phi) is 5.26. The number of halogens is 1. The third-order valence-corrected chi connectivity index (χ3v) is 4.81. The van der Waals surface area contributed by atoms with Crippen molar-refractivity contribution in [2.75, 3.05) is 13.1 Å². The first kappa shape index (κ1) is 17.0. The Morgan fingerprint density at radius 1 is 1.12 bits per heavy atom. The fraction of sp³-hybridized carbons (Fsp3) is 0.529. The van der Waals surface area contributed by atoms with Crippen molar-refractivity contribution in [2.24, 2.45) is 5.73 Å². The summed E-state index contributed by atoms with van der Waals surface area (Å²) < 4.78 is 11.4. The molecule has 2 N–H and O–H groups in total. The van der Waals surface area contributed by atoms with Crippen molar-refractivity contribution >= 4 is 23.4 Å². The molecular weight excluding hydrogens is 332 g/mol. The van der Waals surface area contributed by atoms with Gasteiger partial charge < -0.3 is 20.1 Å². The number of nitrogens with two attached hydrogens (primary N) is 1. The van der Waals surface area contributed by atoms with E-state index >= 15 is 0 Å². The van der Waals surface area contributed by atoms with Crippen LogP contribution in [-0.2, 0) is 14.3 Å². The van der Waals surface area contributed by atoms with Gasteiger partial charge in [0.2, 0.25) is 5.91 Å². The van der Waals surface area contributed by atoms with E-state index in [1.165, 1.54) is 0 Å². The molecule has 0 spiro atoms. The van der Waals surface area contributed by atoms with Crippen LogP contribution in [-0.4, -0.2) is 48.1 Å². The van der Waals surface area contributed by atoms with Crippen LogP contribution in [0.4, 0.5) is 0 Å². The number of carbonyl (C=O) groups excluding carboxylic acids is 2. The van der Waals surface area contributed by atoms with Crippen molar-refractivity contribution < 1.29 is 19.1 Å². The van der Waals surface area contributed by atoms with Crippen LogP contribution in [0.1, 0.15) is 25.7 Å². The lowest BCUT2D eigenvalue weighted by molar-refractivity contribution is -0.147. The summed E-state index contributed by atoms with van der Waals surface area (Å²) in [4.78, 5) is 25.4. The zero-order valence-electron chi connectivity index (χ0n) is 13.3. The van der Waals surface area contributed by atoms with Gasteiger partial charge in [0, 0.05) is 25.9 Å². The van der Waals surface area contributed by atoms with Gasteiger partial charge in [-0.25, -0.2) is 0 Å². The monoisotopic (exact) mass is 352 g/mol. The number of carbonyl (C=O) groups is 2. The van der Waals surface area contributed by atoms with Gasteiger partial charge in [0.1, 0.15) is 24.1 Å². The van der Waals surface area contributed by atoms with E-state index in [4.69, 9.17) is 26.8 Å². The summed E-state index contributed by atoms with van der Waals surface area (Å²) in [5.41, 5.74) is 5.23. The van der Waals surface area contributed by atoms with E-state index in [1.807, 2.05) is 18.2 Å². The van der Waals surface area contributed by atoms with Crippen molar-refractivity contribution in [1.82, 2.24) is 4.90 Å². The number of para-hydroxylation sites is 1. The van der Waals surface area contributed by atoms with E-state index in [2.05, 4.69) is 0 Å². The SMILES string of the molecule is NC(=O)[C@@H]1CC[C@H](C(=O)N2CCC(Oc3ccccc3Cl)CC2)O1. The van der Waals surface area contributed by atoms with Gasteiger partial charge in [-0.05, 0) is 25.0 Å². The number of primary amides is 1. The van der Waals surface area contributed by atoms with Gasteiger partial charge in [-0.1, -0.05) is 23.7 Å². The summed E-state index contributed by atoms with van der Waals surface area (Å²) in [7, 11) is 0. The lowest BCUT2D eigenvalue weighted by Crippen LogP contribution is -2.46. The predicted molar refractivity (Wildman–Crippen MR) is 88.8 cm³/mol. The number of likely N-dealkylation sites (tertiary alicyclic amines) is 1. The highest BCUT2D eigenvalue weighted by atomic mass is 35.5. The molecule has 1 aromatic rings. The van der Waals surface area contributed by atoms with Crippen LogP contribution in [0.2, 0.25) is 5.02 Å². The summed E-state index contributed by atoms with van der Waals surface area (Å²) in [5.74, 6) is 0.111. The highest BCUT2D eigenvalue weighted by Crippen LogP contribution is 2.28. The molecule has 0 aliphatic carbocycles. The highest BCUT2D eigenvalue weighted by molar-refractivity contribution is 6.32. The second kappa shape index (κ2) is 7.40. The molecule has 2 aliphatic rings. The Balaban J connectivity index is 1.49. The normalized spacial score (nSPS) is 24.8. The van der Waals surface area contributed by atoms with E-state index < -0.39 is 18.1 Å². The summed E-state index contributed by atoms with van der Waals surface area (Å²) in [6.07, 6.45) is 1.38. The quantitative estimate of drug-likeness (QED) is 0.894. The number of nitrogens with zero attached hydrogens (tertiary/aromatic N) is 1. The minimum absolute atomic E-state index is 0.0387. The average molecular weight is 353 g/mol. The minimum atomic E-state index is -0.639. The Bertz CT molecular complexity index is 616. The fourth-order valence-corrected chi connectivity index (χ4v) is 3.33. The molecule has 7 heteroatoms. The second-order valence-electron chi connectivity index (χ2n) is 6.17. The molecule has 2 saturated heterocycles. The lowest BCUT2D eigenvalue weighted by atomic mass is 10.1. The van der Waals surface area contributed by atoms with E-state index in [0.717, 1.165) is 12.8 Å². The van der Waals surface area contributed by atoms with Crippen molar-refractivity contribution in [2.45, 2.75) is 44.0 Å². The molecule has 130 valence electrons. The Labute approximate surface area is 145 Å². The molecule has 0 unspecified atom stereocenters. The average Bonchev–Trinajstić information content (AvgIpc) is 3.07. The van der Waals surface area contributed by atoms with Gasteiger partial charge in [0.05, 0.1) is 5.02 Å². The zero-order valence-corrected chi connectivity index (χ0v) is 14.1. The van der Waals surface area contributed by atoms with E-state index in [9.17, 15) is 9.59 Å². The summed E-state index contributed by atoms with van der Waals surface area (Å²) in [6, 6.07) is 7.38. The standard InChI is InChI=1S/C17H21ClN2O4/c18-12-3-1-2-4-13(12)23-11-7-9-20(10-8-11)17(22)15-6-5-14(24-15)16(19)21/h1-4,11,14-15H,5-10H2,(H2,19,21)/t14-,15+/m0/s1. The second-order valence-corrected chi connectivity index (χ2v) is 6.57. The fourth-order valence-electron chi connectivity index (χ4n) is 3.15. The molecule has 0 saturated carbocycles. The topological polar surface area (TPSA) is 81.9 Å². The van der Waals surface area contributed by atoms with Crippen molar-refractivity contribution in [3.63, 3.8) is 0 Å². The molecular formula is C17H21ClN2O4. The van der Waals surface area contributed by atoms with Gasteiger partial charge in [-0.3, -0.25) is 9.59 Å². The maximum atomic E-state index is 12.5. The molecule has 2 atom stereocenters. The van der Waals surface area contributed by atoms with Gasteiger partial charge in [0.15, 0.2) is 0 Å². The number of piperidine rings is 1. The van der Waals surface area contributed by atoms with Gasteiger partial charge in [-0.15, -0.1) is 0 Å². The van der Waals surface area contributed by atoms with Crippen LogP contribution < -0.4 is 10.5 Å². The molecule has 2 heterocycles. The number of rotatable bonds is 4. The largest absolute Gasteiger partial charge is 0.489 e. The van der Waals surface area contributed by atoms with Crippen molar-refractivity contribution in [3.8, 4) is 5.75 Å². The summed E-state index contributed by atoms with van der Waals surface area (Å²) in [6.45, 7) is 1.21. The Morgan fingerprint density at radius 3 is 2.42 bits per heavy atom. The number of benzene rings is 1. The lowest BCUT2D eigenvalue weighted by Gasteiger charge is -2.33. The van der Waals surface area contributed by atoms with E-state index in [-0.39, 0.29) is 12.0 Å². The first-order valence-corrected chi connectivity index (χ1v) is 8.57. The van der Waals surface area contributed by atoms with Crippen LogP contribution in [0, 0.1) is 0 Å². The Morgan fingerprint density at radius 2 is 1.79 bits per heavy atom. The number of hydrogen-bond donors (Lipinski definition) is 1. The third-order valence-electron chi connectivity index (χ3n) is 4.50. The summed E-state index contributed by atoms with van der Waals surface area (Å²) >= 11 is 6.10. The first-order valence-electron chi connectivity index (χ1n) is 8.19. The zero-order chi connectivity index (χ0) is 17.1. The van der Waals surface area contributed by atoms with Crippen molar-refractivity contribution in [1.29, 1.82) is 0 Å². The van der Waals surface area contributed by atoms with Crippen LogP contribution in [0.3, 0.4) is 0 Å². The summed E-state index contributed by atoms with van der Waals surface area (Å²) in [5, 5.41) is 0.591. The maximum Gasteiger partial charge on any atom is 0.251 e. The van der Waals surface area contributed by atoms with Crippen LogP contribution >= 0.6 is 11.6 Å². The molecule has 3 rings (SSSR count). The third kappa shape index (κ3) is 3.82. The molecule has 2 aliphatic heterocycles. The van der Waals surface area contributed by atoms with Crippen molar-refractivity contribution in [3.05, 3.63) is 29.3 Å². The van der Waals surface area contributed by atoms with Crippen LogP contribution in [0.5, 0.6) is 5.75 Å². The van der Waals surface area contributed by atoms with Crippen LogP contribution in [0.25, 0.3) is 0 Å². The molecule has 2 amide bonds. The predicted octanol–water partition coefficient (Wildman–Crippen LogP) is 1.74. The van der Waals surface area contributed by atoms with E-state index in [0.29, 0.717) is 36.7 Å². The number of ether oxygens (including phenoxy) is 2. The van der Waals surface area contributed by atoms with E-state index in [1.54, 1.807) is 11.0 Å². The minimum Gasteiger partial charge on any atom is -0.489 e. The molecule has 0 bridgehead atoms. The number of amides is 2. The highest BCUT2D eigenvalue weighted by Gasteiger charge is 2.37. The van der Waals surface area contributed by atoms with Crippen LogP contribution in [0.15, 0.2) is 24.3 Å². The molecule has 1 aromatic carbocycles. The molecule has 0 aromatic heterocycles. The molecule has 0 radical (unpaired) electrons. The van der Waals surface area contributed by atoms with Gasteiger partial charge >= 0.3 is 0 Å². The molecule has 24 heavy (non-hydrogen) atoms. The smallest absolute Gasteiger partial charge is 0.251 e. The molecule has 6 nitrogen and oxygen atoms in total. The maximum absolute atomic E-state index is 12.5. The van der Waals surface area contributed by atoms with Gasteiger partial charge in [-0.2, -0.15) is 0 Å².